The van der Waals surface area contributed by atoms with Crippen LogP contribution < -0.4 is 4.74 Å². The maximum Gasteiger partial charge on any atom is 0.349 e. The Bertz CT molecular complexity index is 413. The fourth-order valence-electron chi connectivity index (χ4n) is 1.41. The van der Waals surface area contributed by atoms with E-state index >= 15 is 0 Å². The van der Waals surface area contributed by atoms with Gasteiger partial charge < -0.3 is 9.47 Å². The second-order valence-corrected chi connectivity index (χ2v) is 4.42. The van der Waals surface area contributed by atoms with Crippen LogP contribution in [0.25, 0.3) is 0 Å². The van der Waals surface area contributed by atoms with Crippen molar-refractivity contribution >= 4 is 5.97 Å². The van der Waals surface area contributed by atoms with E-state index in [0.29, 0.717) is 12.4 Å². The van der Waals surface area contributed by atoms with E-state index in [-0.39, 0.29) is 5.97 Å². The summed E-state index contributed by atoms with van der Waals surface area (Å²) < 4.78 is 10.6. The zero-order valence-corrected chi connectivity index (χ0v) is 11.0. The Balaban J connectivity index is 2.86. The van der Waals surface area contributed by atoms with Crippen LogP contribution in [0.2, 0.25) is 0 Å². The van der Waals surface area contributed by atoms with Crippen LogP contribution in [-0.4, -0.2) is 23.2 Å². The van der Waals surface area contributed by atoms with Crippen LogP contribution in [0.3, 0.4) is 0 Å². The summed E-state index contributed by atoms with van der Waals surface area (Å²) in [5.74, 6) is 0.230. The van der Waals surface area contributed by atoms with Crippen molar-refractivity contribution in [3.05, 3.63) is 23.5 Å². The lowest BCUT2D eigenvalue weighted by atomic mass is 10.1. The van der Waals surface area contributed by atoms with Crippen molar-refractivity contribution in [3.63, 3.8) is 0 Å². The average molecular weight is 237 g/mol. The van der Waals surface area contributed by atoms with Gasteiger partial charge in [-0.05, 0) is 46.2 Å². The van der Waals surface area contributed by atoms with E-state index in [1.165, 1.54) is 0 Å². The van der Waals surface area contributed by atoms with Gasteiger partial charge in [0.1, 0.15) is 5.75 Å². The maximum atomic E-state index is 11.7. The number of carbonyl (C=O) groups excluding carboxylic acids is 1. The highest BCUT2D eigenvalue weighted by Gasteiger charge is 2.32. The predicted octanol–water partition coefficient (Wildman–Crippen LogP) is 2.42. The molecule has 0 N–H and O–H groups in total. The van der Waals surface area contributed by atoms with Gasteiger partial charge in [-0.2, -0.15) is 0 Å². The molecule has 0 amide bonds. The number of nitrogens with zero attached hydrogens (tertiary/aromatic N) is 1. The first-order chi connectivity index (χ1) is 7.86. The fourth-order valence-corrected chi connectivity index (χ4v) is 1.41. The van der Waals surface area contributed by atoms with Crippen LogP contribution >= 0.6 is 0 Å². The highest BCUT2D eigenvalue weighted by atomic mass is 16.6. The van der Waals surface area contributed by atoms with Gasteiger partial charge in [-0.25, -0.2) is 4.79 Å². The Labute approximate surface area is 102 Å². The number of aromatic nitrogens is 1. The van der Waals surface area contributed by atoms with Crippen LogP contribution in [-0.2, 0) is 9.53 Å². The third kappa shape index (κ3) is 3.44. The van der Waals surface area contributed by atoms with Gasteiger partial charge in [0.05, 0.1) is 12.8 Å². The molecule has 4 heteroatoms. The number of carbonyl (C=O) groups is 1. The number of pyridine rings is 1. The molecule has 1 aromatic heterocycles. The minimum Gasteiger partial charge on any atom is -0.474 e. The lowest BCUT2D eigenvalue weighted by Crippen LogP contribution is -2.40. The second-order valence-electron chi connectivity index (χ2n) is 4.42. The number of rotatable bonds is 4. The summed E-state index contributed by atoms with van der Waals surface area (Å²) in [7, 11) is 0. The minimum atomic E-state index is -1.00. The first kappa shape index (κ1) is 13.5. The molecule has 0 saturated carbocycles. The molecule has 0 unspecified atom stereocenters. The van der Waals surface area contributed by atoms with Crippen molar-refractivity contribution in [2.45, 2.75) is 40.2 Å². The summed E-state index contributed by atoms with van der Waals surface area (Å²) in [6.45, 7) is 9.32. The highest BCUT2D eigenvalue weighted by Crippen LogP contribution is 2.23. The number of aryl methyl sites for hydroxylation is 2. The maximum absolute atomic E-state index is 11.7. The van der Waals surface area contributed by atoms with Gasteiger partial charge in [0, 0.05) is 5.69 Å². The first-order valence-electron chi connectivity index (χ1n) is 5.66. The third-order valence-electron chi connectivity index (χ3n) is 2.33. The van der Waals surface area contributed by atoms with E-state index in [9.17, 15) is 4.79 Å². The lowest BCUT2D eigenvalue weighted by Gasteiger charge is -2.24. The summed E-state index contributed by atoms with van der Waals surface area (Å²) in [6.07, 6.45) is 1.63. The topological polar surface area (TPSA) is 48.4 Å². The first-order valence-corrected chi connectivity index (χ1v) is 5.66. The van der Waals surface area contributed by atoms with Crippen LogP contribution in [0.4, 0.5) is 0 Å². The Kier molecular flexibility index (Phi) is 4.10. The van der Waals surface area contributed by atoms with Crippen LogP contribution in [0.5, 0.6) is 5.75 Å². The number of hydrogen-bond donors (Lipinski definition) is 0. The van der Waals surface area contributed by atoms with Crippen LogP contribution in [0.1, 0.15) is 32.0 Å². The molecule has 0 aliphatic heterocycles. The molecule has 1 heterocycles. The van der Waals surface area contributed by atoms with E-state index < -0.39 is 5.60 Å². The Morgan fingerprint density at radius 2 is 2.06 bits per heavy atom. The molecule has 0 spiro atoms. The number of ether oxygens (including phenoxy) is 2. The van der Waals surface area contributed by atoms with Crippen molar-refractivity contribution in [2.24, 2.45) is 0 Å². The van der Waals surface area contributed by atoms with Crippen molar-refractivity contribution in [1.29, 1.82) is 0 Å². The normalized spacial score (nSPS) is 11.1. The molecule has 0 aliphatic rings. The summed E-state index contributed by atoms with van der Waals surface area (Å²) in [4.78, 5) is 15.8. The van der Waals surface area contributed by atoms with Gasteiger partial charge >= 0.3 is 5.97 Å². The van der Waals surface area contributed by atoms with Crippen molar-refractivity contribution < 1.29 is 14.3 Å². The highest BCUT2D eigenvalue weighted by molar-refractivity contribution is 5.79. The van der Waals surface area contributed by atoms with E-state index in [1.54, 1.807) is 27.0 Å². The van der Waals surface area contributed by atoms with Gasteiger partial charge in [0.2, 0.25) is 0 Å². The van der Waals surface area contributed by atoms with E-state index in [2.05, 4.69) is 4.98 Å². The molecule has 4 nitrogen and oxygen atoms in total. The standard InChI is InChI=1S/C13H19NO3/c1-6-16-12(15)13(4,5)17-11-8-14-10(3)7-9(11)2/h7-8H,6H2,1-5H3. The SMILES string of the molecule is CCOC(=O)C(C)(C)Oc1cnc(C)cc1C. The zero-order chi connectivity index (χ0) is 13.1. The Hall–Kier alpha value is -1.58. The molecule has 0 fully saturated rings. The molecular weight excluding hydrogens is 218 g/mol. The van der Waals surface area contributed by atoms with Crippen LogP contribution in [0.15, 0.2) is 12.3 Å². The summed E-state index contributed by atoms with van der Waals surface area (Å²) in [6, 6.07) is 1.91. The third-order valence-corrected chi connectivity index (χ3v) is 2.33. The van der Waals surface area contributed by atoms with Gasteiger partial charge in [0.25, 0.3) is 0 Å². The molecule has 0 atom stereocenters. The lowest BCUT2D eigenvalue weighted by molar-refractivity contribution is -0.158. The van der Waals surface area contributed by atoms with E-state index in [4.69, 9.17) is 9.47 Å². The molecule has 1 aromatic rings. The van der Waals surface area contributed by atoms with Crippen molar-refractivity contribution in [1.82, 2.24) is 4.98 Å². The van der Waals surface area contributed by atoms with Gasteiger partial charge in [0.15, 0.2) is 5.60 Å². The van der Waals surface area contributed by atoms with E-state index in [1.807, 2.05) is 19.9 Å². The second kappa shape index (κ2) is 5.17. The molecule has 0 aliphatic carbocycles. The average Bonchev–Trinajstić information content (AvgIpc) is 2.22. The summed E-state index contributed by atoms with van der Waals surface area (Å²) in [5.41, 5.74) is 0.871. The smallest absolute Gasteiger partial charge is 0.349 e. The minimum absolute atomic E-state index is 0.344. The monoisotopic (exact) mass is 237 g/mol. The summed E-state index contributed by atoms with van der Waals surface area (Å²) >= 11 is 0. The van der Waals surface area contributed by atoms with E-state index in [0.717, 1.165) is 11.3 Å². The van der Waals surface area contributed by atoms with Crippen molar-refractivity contribution in [3.8, 4) is 5.75 Å². The molecule has 0 saturated heterocycles. The van der Waals surface area contributed by atoms with Gasteiger partial charge in [-0.1, -0.05) is 0 Å². The molecule has 0 radical (unpaired) electrons. The van der Waals surface area contributed by atoms with Crippen molar-refractivity contribution in [2.75, 3.05) is 6.61 Å². The largest absolute Gasteiger partial charge is 0.474 e. The fraction of sp³-hybridized carbons (Fsp3) is 0.538. The molecule has 17 heavy (non-hydrogen) atoms. The Morgan fingerprint density at radius 3 is 2.59 bits per heavy atom. The predicted molar refractivity (Wildman–Crippen MR) is 65.1 cm³/mol. The molecule has 0 bridgehead atoms. The molecule has 0 aromatic carbocycles. The van der Waals surface area contributed by atoms with Gasteiger partial charge in [-0.3, -0.25) is 4.98 Å². The number of esters is 1. The Morgan fingerprint density at radius 1 is 1.41 bits per heavy atom. The molecular formula is C13H19NO3. The zero-order valence-electron chi connectivity index (χ0n) is 11.0. The van der Waals surface area contributed by atoms with Gasteiger partial charge in [-0.15, -0.1) is 0 Å². The molecule has 1 rings (SSSR count). The molecule has 94 valence electrons. The quantitative estimate of drug-likeness (QED) is 0.754. The number of hydrogen-bond acceptors (Lipinski definition) is 4. The van der Waals surface area contributed by atoms with Crippen LogP contribution in [0, 0.1) is 13.8 Å². The summed E-state index contributed by atoms with van der Waals surface area (Å²) in [5, 5.41) is 0.